The summed E-state index contributed by atoms with van der Waals surface area (Å²) in [5.41, 5.74) is 4.95. The monoisotopic (exact) mass is 449 g/mol. The first-order chi connectivity index (χ1) is 14.2. The number of carboxylic acid groups (broad SMARTS) is 1. The zero-order valence-corrected chi connectivity index (χ0v) is 18.3. The summed E-state index contributed by atoms with van der Waals surface area (Å²) in [6, 6.07) is 7.75. The van der Waals surface area contributed by atoms with Crippen molar-refractivity contribution in [1.29, 1.82) is 0 Å². The van der Waals surface area contributed by atoms with E-state index < -0.39 is 22.5 Å². The predicted molar refractivity (Wildman–Crippen MR) is 114 cm³/mol. The minimum absolute atomic E-state index is 0.0530. The Hall–Kier alpha value is -2.56. The molecule has 10 heteroatoms. The summed E-state index contributed by atoms with van der Waals surface area (Å²) in [7, 11) is -3.90. The van der Waals surface area contributed by atoms with Crippen molar-refractivity contribution in [1.82, 2.24) is 10.1 Å². The number of benzene rings is 1. The van der Waals surface area contributed by atoms with Gasteiger partial charge in [0.25, 0.3) is 5.91 Å². The summed E-state index contributed by atoms with van der Waals surface area (Å²) in [6.07, 6.45) is 3.15. The average molecular weight is 450 g/mol. The van der Waals surface area contributed by atoms with Crippen LogP contribution in [0.2, 0.25) is 0 Å². The van der Waals surface area contributed by atoms with Crippen LogP contribution in [0.3, 0.4) is 0 Å². The first-order valence-electron chi connectivity index (χ1n) is 9.44. The quantitative estimate of drug-likeness (QED) is 0.442. The van der Waals surface area contributed by atoms with Gasteiger partial charge in [-0.1, -0.05) is 19.1 Å². The highest BCUT2D eigenvalue weighted by Crippen LogP contribution is 2.32. The Kier molecular flexibility index (Phi) is 6.69. The number of hydrogen-bond donors (Lipinski definition) is 3. The number of hydrogen-bond acceptors (Lipinski definition) is 6. The van der Waals surface area contributed by atoms with Crippen molar-refractivity contribution in [3.63, 3.8) is 0 Å². The number of hydrazone groups is 1. The maximum atomic E-state index is 12.4. The van der Waals surface area contributed by atoms with E-state index in [1.54, 1.807) is 19.1 Å². The van der Waals surface area contributed by atoms with Crippen molar-refractivity contribution < 1.29 is 23.1 Å². The van der Waals surface area contributed by atoms with Crippen LogP contribution >= 0.6 is 11.3 Å². The third kappa shape index (κ3) is 5.32. The average Bonchev–Trinajstić information content (AvgIpc) is 3.13. The summed E-state index contributed by atoms with van der Waals surface area (Å²) in [4.78, 5) is 24.8. The molecule has 0 bridgehead atoms. The highest BCUT2D eigenvalue weighted by Gasteiger charge is 2.20. The van der Waals surface area contributed by atoms with E-state index in [2.05, 4.69) is 17.5 Å². The number of carboxylic acids is 1. The van der Waals surface area contributed by atoms with E-state index in [1.165, 1.54) is 33.9 Å². The Labute approximate surface area is 179 Å². The summed E-state index contributed by atoms with van der Waals surface area (Å²) in [5.74, 6) is -0.900. The fraction of sp³-hybridized carbons (Fsp3) is 0.350. The molecule has 1 aliphatic carbocycles. The summed E-state index contributed by atoms with van der Waals surface area (Å²) >= 11 is 1.51. The number of sulfonamides is 1. The van der Waals surface area contributed by atoms with Crippen molar-refractivity contribution in [2.45, 2.75) is 38.0 Å². The van der Waals surface area contributed by atoms with Gasteiger partial charge in [0, 0.05) is 4.88 Å². The van der Waals surface area contributed by atoms with Gasteiger partial charge < -0.3 is 5.11 Å². The maximum absolute atomic E-state index is 12.4. The van der Waals surface area contributed by atoms with Crippen LogP contribution in [0.4, 0.5) is 0 Å². The van der Waals surface area contributed by atoms with E-state index in [4.69, 9.17) is 5.11 Å². The molecule has 1 amide bonds. The van der Waals surface area contributed by atoms with Gasteiger partial charge in [-0.15, -0.1) is 11.3 Å². The second kappa shape index (κ2) is 9.07. The third-order valence-electron chi connectivity index (χ3n) is 4.87. The summed E-state index contributed by atoms with van der Waals surface area (Å²) < 4.78 is 26.1. The van der Waals surface area contributed by atoms with E-state index in [0.29, 0.717) is 22.1 Å². The Bertz CT molecular complexity index is 1090. The summed E-state index contributed by atoms with van der Waals surface area (Å²) in [6.45, 7) is 3.22. The number of fused-ring (bicyclic) bond motifs is 1. The molecular weight excluding hydrogens is 426 g/mol. The molecule has 2 aromatic rings. The van der Waals surface area contributed by atoms with Crippen LogP contribution in [0.25, 0.3) is 0 Å². The molecule has 8 nitrogen and oxygen atoms in total. The molecule has 1 atom stereocenters. The van der Waals surface area contributed by atoms with Crippen LogP contribution in [0, 0.1) is 5.92 Å². The standard InChI is InChI=1S/C20H23N3O5S2/c1-12-3-8-17-15(9-12)10-18(29-17)20(26)23-22-13(2)14-4-6-16(7-5-14)30(27,28)21-11-19(24)25/h4-7,10,12,21H,3,8-9,11H2,1-2H3,(H,23,26)(H,24,25). The van der Waals surface area contributed by atoms with Gasteiger partial charge >= 0.3 is 5.97 Å². The number of nitrogens with one attached hydrogen (secondary N) is 2. The number of amides is 1. The number of aryl methyl sites for hydroxylation is 1. The lowest BCUT2D eigenvalue weighted by Gasteiger charge is -2.16. The number of carbonyl (C=O) groups excluding carboxylic acids is 1. The van der Waals surface area contributed by atoms with Gasteiger partial charge in [0.2, 0.25) is 10.0 Å². The molecule has 3 N–H and O–H groups in total. The molecule has 0 aliphatic heterocycles. The van der Waals surface area contributed by atoms with Crippen molar-refractivity contribution in [3.8, 4) is 0 Å². The number of thiophene rings is 1. The van der Waals surface area contributed by atoms with Crippen molar-refractivity contribution in [2.75, 3.05) is 6.54 Å². The molecule has 1 aromatic heterocycles. The van der Waals surface area contributed by atoms with Gasteiger partial charge in [-0.3, -0.25) is 9.59 Å². The van der Waals surface area contributed by atoms with Gasteiger partial charge in [0.15, 0.2) is 0 Å². The van der Waals surface area contributed by atoms with Crippen molar-refractivity contribution in [2.24, 2.45) is 11.0 Å². The van der Waals surface area contributed by atoms with Crippen molar-refractivity contribution >= 4 is 38.9 Å². The molecule has 30 heavy (non-hydrogen) atoms. The van der Waals surface area contributed by atoms with Crippen LogP contribution < -0.4 is 10.1 Å². The van der Waals surface area contributed by atoms with Gasteiger partial charge in [-0.2, -0.15) is 9.82 Å². The minimum Gasteiger partial charge on any atom is -0.480 e. The second-order valence-corrected chi connectivity index (χ2v) is 10.2. The summed E-state index contributed by atoms with van der Waals surface area (Å²) in [5, 5.41) is 12.7. The number of rotatable bonds is 7. The van der Waals surface area contributed by atoms with E-state index in [0.717, 1.165) is 19.3 Å². The van der Waals surface area contributed by atoms with Crippen LogP contribution in [0.5, 0.6) is 0 Å². The molecule has 160 valence electrons. The number of nitrogens with zero attached hydrogens (tertiary/aromatic N) is 1. The van der Waals surface area contributed by atoms with E-state index >= 15 is 0 Å². The molecule has 1 aromatic carbocycles. The smallest absolute Gasteiger partial charge is 0.318 e. The van der Waals surface area contributed by atoms with Gasteiger partial charge in [0.1, 0.15) is 6.54 Å². The zero-order valence-electron chi connectivity index (χ0n) is 16.6. The van der Waals surface area contributed by atoms with Gasteiger partial charge in [-0.05, 0) is 61.4 Å². The van der Waals surface area contributed by atoms with Gasteiger partial charge in [-0.25, -0.2) is 13.8 Å². The minimum atomic E-state index is -3.90. The highest BCUT2D eigenvalue weighted by atomic mass is 32.2. The SMILES string of the molecule is CC(=NNC(=O)c1cc2c(s1)CCC(C)C2)c1ccc(S(=O)(=O)NCC(=O)O)cc1. The Morgan fingerprint density at radius 1 is 1.27 bits per heavy atom. The first-order valence-corrected chi connectivity index (χ1v) is 11.7. The van der Waals surface area contributed by atoms with Crippen LogP contribution in [-0.4, -0.2) is 37.7 Å². The molecule has 1 heterocycles. The maximum Gasteiger partial charge on any atom is 0.318 e. The molecule has 0 saturated heterocycles. The third-order valence-corrected chi connectivity index (χ3v) is 7.53. The Morgan fingerprint density at radius 2 is 1.97 bits per heavy atom. The van der Waals surface area contributed by atoms with Crippen molar-refractivity contribution in [3.05, 3.63) is 51.2 Å². The molecular formula is C20H23N3O5S2. The second-order valence-electron chi connectivity index (χ2n) is 7.29. The molecule has 0 spiro atoms. The predicted octanol–water partition coefficient (Wildman–Crippen LogP) is 2.39. The van der Waals surface area contributed by atoms with Gasteiger partial charge in [0.05, 0.1) is 15.5 Å². The number of aliphatic carboxylic acids is 1. The van der Waals surface area contributed by atoms with Crippen LogP contribution in [-0.2, 0) is 27.7 Å². The molecule has 0 saturated carbocycles. The lowest BCUT2D eigenvalue weighted by atomic mass is 9.90. The Balaban J connectivity index is 1.65. The van der Waals surface area contributed by atoms with E-state index in [9.17, 15) is 18.0 Å². The van der Waals surface area contributed by atoms with E-state index in [-0.39, 0.29) is 10.8 Å². The Morgan fingerprint density at radius 3 is 2.63 bits per heavy atom. The molecule has 1 aliphatic rings. The largest absolute Gasteiger partial charge is 0.480 e. The fourth-order valence-electron chi connectivity index (χ4n) is 3.19. The molecule has 3 rings (SSSR count). The van der Waals surface area contributed by atoms with E-state index in [1.807, 2.05) is 10.8 Å². The lowest BCUT2D eigenvalue weighted by Crippen LogP contribution is -2.29. The normalized spacial score (nSPS) is 16.7. The van der Waals surface area contributed by atoms with Crippen LogP contribution in [0.1, 0.15) is 45.9 Å². The zero-order chi connectivity index (χ0) is 21.9. The molecule has 1 unspecified atom stereocenters. The topological polar surface area (TPSA) is 125 Å². The van der Waals surface area contributed by atoms with Crippen LogP contribution in [0.15, 0.2) is 40.3 Å². The first kappa shape index (κ1) is 22.1. The highest BCUT2D eigenvalue weighted by molar-refractivity contribution is 7.89. The molecule has 0 fully saturated rings. The fourth-order valence-corrected chi connectivity index (χ4v) is 5.26. The molecule has 0 radical (unpaired) electrons. The number of carbonyl (C=O) groups is 2. The lowest BCUT2D eigenvalue weighted by molar-refractivity contribution is -0.135.